The lowest BCUT2D eigenvalue weighted by molar-refractivity contribution is -0.0309. The maximum atomic E-state index is 12.4. The van der Waals surface area contributed by atoms with Gasteiger partial charge in [-0.3, -0.25) is 0 Å². The fraction of sp³-hybridized carbons (Fsp3) is 0.571. The minimum absolute atomic E-state index is 0.0847. The van der Waals surface area contributed by atoms with Crippen molar-refractivity contribution in [3.63, 3.8) is 0 Å². The number of rotatable bonds is 4. The minimum atomic E-state index is -0.840. The zero-order valence-electron chi connectivity index (χ0n) is 16.4. The molecule has 0 radical (unpaired) electrons. The predicted octanol–water partition coefficient (Wildman–Crippen LogP) is 3.21. The standard InChI is InChI=1S/C21H30N2O3/c1-15(17-8-6-16(7-9-17)10-12-20(2,3)22)23-13-11-18(26-19(23)24)14-21(4,5)25/h6-9,15,18,25H,11,13-14,22H2,1-5H3. The number of hydrogen-bond donors (Lipinski definition) is 2. The number of amides is 1. The third kappa shape index (κ3) is 6.05. The van der Waals surface area contributed by atoms with E-state index in [0.717, 1.165) is 17.5 Å². The van der Waals surface area contributed by atoms with Gasteiger partial charge in [0.1, 0.15) is 6.10 Å². The molecule has 0 bridgehead atoms. The summed E-state index contributed by atoms with van der Waals surface area (Å²) in [5.41, 5.74) is 6.43. The fourth-order valence-corrected chi connectivity index (χ4v) is 2.95. The molecule has 2 atom stereocenters. The lowest BCUT2D eigenvalue weighted by Crippen LogP contribution is -2.45. The number of cyclic esters (lactones) is 1. The summed E-state index contributed by atoms with van der Waals surface area (Å²) in [5, 5.41) is 9.91. The van der Waals surface area contributed by atoms with Crippen LogP contribution in [0.1, 0.15) is 64.6 Å². The Balaban J connectivity index is 2.02. The van der Waals surface area contributed by atoms with Crippen LogP contribution in [0.2, 0.25) is 0 Å². The fourth-order valence-electron chi connectivity index (χ4n) is 2.95. The molecule has 1 amide bonds. The van der Waals surface area contributed by atoms with Gasteiger partial charge in [0.25, 0.3) is 0 Å². The zero-order valence-corrected chi connectivity index (χ0v) is 16.4. The number of carbonyl (C=O) groups excluding carboxylic acids is 1. The SMILES string of the molecule is CC(c1ccc(C#CC(C)(C)N)cc1)N1CCC(CC(C)(C)O)OC1=O. The first-order valence-corrected chi connectivity index (χ1v) is 9.06. The van der Waals surface area contributed by atoms with Crippen LogP contribution in [0.25, 0.3) is 0 Å². The molecule has 5 heteroatoms. The summed E-state index contributed by atoms with van der Waals surface area (Å²) in [6.45, 7) is 9.79. The Hall–Kier alpha value is -2.03. The van der Waals surface area contributed by atoms with Crippen molar-refractivity contribution in [1.29, 1.82) is 0 Å². The van der Waals surface area contributed by atoms with Crippen molar-refractivity contribution in [2.24, 2.45) is 5.73 Å². The first-order chi connectivity index (χ1) is 11.9. The van der Waals surface area contributed by atoms with Crippen LogP contribution in [0.15, 0.2) is 24.3 Å². The van der Waals surface area contributed by atoms with Gasteiger partial charge in [-0.1, -0.05) is 24.0 Å². The largest absolute Gasteiger partial charge is 0.446 e. The molecule has 1 heterocycles. The zero-order chi connectivity index (χ0) is 19.5. The van der Waals surface area contributed by atoms with Crippen LogP contribution in [-0.4, -0.2) is 39.9 Å². The van der Waals surface area contributed by atoms with Crippen molar-refractivity contribution in [3.8, 4) is 11.8 Å². The minimum Gasteiger partial charge on any atom is -0.446 e. The van der Waals surface area contributed by atoms with Gasteiger partial charge >= 0.3 is 6.09 Å². The highest BCUT2D eigenvalue weighted by Crippen LogP contribution is 2.28. The van der Waals surface area contributed by atoms with Crippen molar-refractivity contribution >= 4 is 6.09 Å². The summed E-state index contributed by atoms with van der Waals surface area (Å²) >= 11 is 0. The van der Waals surface area contributed by atoms with Crippen molar-refractivity contribution in [1.82, 2.24) is 4.90 Å². The van der Waals surface area contributed by atoms with E-state index in [1.165, 1.54) is 0 Å². The number of aliphatic hydroxyl groups is 1. The summed E-state index contributed by atoms with van der Waals surface area (Å²) in [4.78, 5) is 14.1. The Morgan fingerprint density at radius 2 is 1.92 bits per heavy atom. The Kier molecular flexibility index (Phi) is 6.00. The predicted molar refractivity (Wildman–Crippen MR) is 103 cm³/mol. The molecule has 5 nitrogen and oxygen atoms in total. The third-order valence-electron chi connectivity index (χ3n) is 4.31. The van der Waals surface area contributed by atoms with Gasteiger partial charge in [0, 0.05) is 24.9 Å². The average Bonchev–Trinajstić information content (AvgIpc) is 2.51. The van der Waals surface area contributed by atoms with E-state index in [0.29, 0.717) is 13.0 Å². The second kappa shape index (κ2) is 7.69. The Bertz CT molecular complexity index is 687. The first-order valence-electron chi connectivity index (χ1n) is 9.06. The monoisotopic (exact) mass is 358 g/mol. The molecule has 1 saturated heterocycles. The van der Waals surface area contributed by atoms with Gasteiger partial charge in [0.15, 0.2) is 0 Å². The number of hydrogen-bond acceptors (Lipinski definition) is 4. The third-order valence-corrected chi connectivity index (χ3v) is 4.31. The van der Waals surface area contributed by atoms with Gasteiger partial charge in [-0.2, -0.15) is 0 Å². The first kappa shape index (κ1) is 20.3. The Morgan fingerprint density at radius 3 is 2.42 bits per heavy atom. The van der Waals surface area contributed by atoms with Crippen LogP contribution in [0, 0.1) is 11.8 Å². The quantitative estimate of drug-likeness (QED) is 0.811. The van der Waals surface area contributed by atoms with E-state index < -0.39 is 11.1 Å². The van der Waals surface area contributed by atoms with Crippen LogP contribution in [0.4, 0.5) is 4.79 Å². The normalized spacial score (nSPS) is 19.4. The van der Waals surface area contributed by atoms with Crippen LogP contribution in [0.3, 0.4) is 0 Å². The molecule has 3 N–H and O–H groups in total. The number of nitrogens with two attached hydrogens (primary N) is 1. The Labute approximate surface area is 156 Å². The van der Waals surface area contributed by atoms with Crippen molar-refractivity contribution in [2.45, 2.75) is 70.7 Å². The Morgan fingerprint density at radius 1 is 1.31 bits per heavy atom. The molecule has 0 spiro atoms. The maximum Gasteiger partial charge on any atom is 0.410 e. The molecule has 2 unspecified atom stereocenters. The lowest BCUT2D eigenvalue weighted by atomic mass is 9.97. The van der Waals surface area contributed by atoms with E-state index in [1.807, 2.05) is 45.0 Å². The summed E-state index contributed by atoms with van der Waals surface area (Å²) in [5.74, 6) is 6.07. The van der Waals surface area contributed by atoms with Crippen LogP contribution in [-0.2, 0) is 4.74 Å². The second-order valence-electron chi connectivity index (χ2n) is 8.27. The molecule has 26 heavy (non-hydrogen) atoms. The van der Waals surface area contributed by atoms with Gasteiger partial charge in [-0.25, -0.2) is 4.79 Å². The number of ether oxygens (including phenoxy) is 1. The summed E-state index contributed by atoms with van der Waals surface area (Å²) in [6.07, 6.45) is 0.607. The molecule has 0 saturated carbocycles. The van der Waals surface area contributed by atoms with Gasteiger partial charge < -0.3 is 20.5 Å². The number of nitrogens with zero attached hydrogens (tertiary/aromatic N) is 1. The maximum absolute atomic E-state index is 12.4. The molecular weight excluding hydrogens is 328 g/mol. The summed E-state index contributed by atoms with van der Waals surface area (Å²) < 4.78 is 5.51. The molecule has 1 aromatic carbocycles. The molecule has 2 rings (SSSR count). The van der Waals surface area contributed by atoms with Crippen molar-refractivity contribution in [2.75, 3.05) is 6.54 Å². The van der Waals surface area contributed by atoms with Crippen LogP contribution in [0.5, 0.6) is 0 Å². The topological polar surface area (TPSA) is 75.8 Å². The molecule has 1 fully saturated rings. The molecule has 0 aromatic heterocycles. The van der Waals surface area contributed by atoms with Gasteiger partial charge in [-0.05, 0) is 52.3 Å². The van der Waals surface area contributed by atoms with E-state index in [4.69, 9.17) is 10.5 Å². The van der Waals surface area contributed by atoms with E-state index in [2.05, 4.69) is 11.8 Å². The highest BCUT2D eigenvalue weighted by Gasteiger charge is 2.33. The van der Waals surface area contributed by atoms with E-state index in [-0.39, 0.29) is 18.2 Å². The average molecular weight is 358 g/mol. The van der Waals surface area contributed by atoms with E-state index >= 15 is 0 Å². The van der Waals surface area contributed by atoms with Gasteiger partial charge in [0.05, 0.1) is 17.2 Å². The van der Waals surface area contributed by atoms with Crippen LogP contribution >= 0.6 is 0 Å². The smallest absolute Gasteiger partial charge is 0.410 e. The molecule has 1 aliphatic heterocycles. The van der Waals surface area contributed by atoms with Crippen LogP contribution < -0.4 is 5.73 Å². The summed E-state index contributed by atoms with van der Waals surface area (Å²) in [6, 6.07) is 7.76. The lowest BCUT2D eigenvalue weighted by Gasteiger charge is -2.37. The molecule has 1 aromatic rings. The number of benzene rings is 1. The van der Waals surface area contributed by atoms with E-state index in [1.54, 1.807) is 18.7 Å². The highest BCUT2D eigenvalue weighted by molar-refractivity contribution is 5.69. The molecule has 1 aliphatic rings. The number of carbonyl (C=O) groups is 1. The van der Waals surface area contributed by atoms with E-state index in [9.17, 15) is 9.90 Å². The second-order valence-corrected chi connectivity index (χ2v) is 8.27. The van der Waals surface area contributed by atoms with Gasteiger partial charge in [-0.15, -0.1) is 0 Å². The summed E-state index contributed by atoms with van der Waals surface area (Å²) in [7, 11) is 0. The van der Waals surface area contributed by atoms with Gasteiger partial charge in [0.2, 0.25) is 0 Å². The molecule has 0 aliphatic carbocycles. The molecule has 142 valence electrons. The highest BCUT2D eigenvalue weighted by atomic mass is 16.6. The van der Waals surface area contributed by atoms with Crippen molar-refractivity contribution in [3.05, 3.63) is 35.4 Å². The van der Waals surface area contributed by atoms with Crippen molar-refractivity contribution < 1.29 is 14.6 Å². The molecular formula is C21H30N2O3.